The number of methoxy groups -OCH3 is 1. The molecule has 0 aliphatic heterocycles. The Bertz CT molecular complexity index is 346. The third-order valence-corrected chi connectivity index (χ3v) is 2.49. The number of hydrogen-bond acceptors (Lipinski definition) is 2. The zero-order valence-corrected chi connectivity index (χ0v) is 10.1. The summed E-state index contributed by atoms with van der Waals surface area (Å²) in [6.07, 6.45) is 1.98. The number of rotatable bonds is 3. The molecule has 0 radical (unpaired) electrons. The summed E-state index contributed by atoms with van der Waals surface area (Å²) in [5.41, 5.74) is 1.33. The van der Waals surface area contributed by atoms with Crippen molar-refractivity contribution in [3.63, 3.8) is 0 Å². The van der Waals surface area contributed by atoms with E-state index in [1.54, 1.807) is 7.11 Å². The number of hydrogen-bond donors (Lipinski definition) is 1. The summed E-state index contributed by atoms with van der Waals surface area (Å²) in [5.74, 6) is 0. The minimum absolute atomic E-state index is 0.112. The number of nitrogens with one attached hydrogen (secondary N) is 1. The van der Waals surface area contributed by atoms with E-state index in [9.17, 15) is 0 Å². The highest BCUT2D eigenvalue weighted by atomic mass is 32.1. The maximum Gasteiger partial charge on any atom is 0.177 e. The monoisotopic (exact) mass is 214 g/mol. The Hall–Kier alpha value is -0.610. The molecule has 0 amide bonds. The van der Waals surface area contributed by atoms with Gasteiger partial charge in [0.25, 0.3) is 0 Å². The van der Waals surface area contributed by atoms with Gasteiger partial charge >= 0.3 is 0 Å². The maximum absolute atomic E-state index is 5.21. The second-order valence-electron chi connectivity index (χ2n) is 4.37. The van der Waals surface area contributed by atoms with Crippen molar-refractivity contribution >= 4 is 12.2 Å². The second-order valence-corrected chi connectivity index (χ2v) is 4.76. The number of aromatic nitrogens is 2. The van der Waals surface area contributed by atoms with Crippen LogP contribution < -0.4 is 0 Å². The van der Waals surface area contributed by atoms with Gasteiger partial charge in [-0.2, -0.15) is 0 Å². The normalized spacial score (nSPS) is 12.0. The molecule has 0 aromatic carbocycles. The molecular formula is C10H18N2OS. The van der Waals surface area contributed by atoms with Crippen molar-refractivity contribution in [1.29, 1.82) is 0 Å². The molecule has 3 nitrogen and oxygen atoms in total. The second kappa shape index (κ2) is 4.28. The van der Waals surface area contributed by atoms with E-state index in [-0.39, 0.29) is 5.41 Å². The lowest BCUT2D eigenvalue weighted by Gasteiger charge is -2.20. The van der Waals surface area contributed by atoms with Crippen LogP contribution in [0.3, 0.4) is 0 Å². The van der Waals surface area contributed by atoms with Gasteiger partial charge in [0.2, 0.25) is 0 Å². The van der Waals surface area contributed by atoms with Crippen molar-refractivity contribution in [3.8, 4) is 0 Å². The molecule has 1 aromatic rings. The Morgan fingerprint density at radius 2 is 2.14 bits per heavy atom. The van der Waals surface area contributed by atoms with Crippen molar-refractivity contribution in [2.24, 2.45) is 0 Å². The lowest BCUT2D eigenvalue weighted by molar-refractivity contribution is 0.185. The molecule has 0 saturated heterocycles. The van der Waals surface area contributed by atoms with Crippen LogP contribution in [0, 0.1) is 4.77 Å². The first kappa shape index (κ1) is 11.5. The molecule has 0 unspecified atom stereocenters. The van der Waals surface area contributed by atoms with Crippen LogP contribution in [0.1, 0.15) is 26.5 Å². The molecule has 4 heteroatoms. The third kappa shape index (κ3) is 2.45. The van der Waals surface area contributed by atoms with E-state index >= 15 is 0 Å². The maximum atomic E-state index is 5.21. The predicted octanol–water partition coefficient (Wildman–Crippen LogP) is 2.49. The molecular weight excluding hydrogens is 196 g/mol. The fraction of sp³-hybridized carbons (Fsp3) is 0.700. The molecule has 0 saturated carbocycles. The average molecular weight is 214 g/mol. The summed E-state index contributed by atoms with van der Waals surface area (Å²) in [6.45, 7) is 8.03. The summed E-state index contributed by atoms with van der Waals surface area (Å²) < 4.78 is 7.92. The Morgan fingerprint density at radius 1 is 1.50 bits per heavy atom. The molecule has 1 heterocycles. The molecule has 0 bridgehead atoms. The van der Waals surface area contributed by atoms with E-state index < -0.39 is 0 Å². The van der Waals surface area contributed by atoms with Gasteiger partial charge in [-0.1, -0.05) is 20.8 Å². The zero-order chi connectivity index (χ0) is 10.8. The molecule has 1 rings (SSSR count). The molecule has 0 fully saturated rings. The molecule has 0 aliphatic rings. The van der Waals surface area contributed by atoms with Gasteiger partial charge in [0.05, 0.1) is 6.61 Å². The first-order valence-corrected chi connectivity index (χ1v) is 5.15. The fourth-order valence-electron chi connectivity index (χ4n) is 1.42. The van der Waals surface area contributed by atoms with Crippen LogP contribution in [0.5, 0.6) is 0 Å². The highest BCUT2D eigenvalue weighted by Crippen LogP contribution is 2.21. The van der Waals surface area contributed by atoms with Crippen molar-refractivity contribution < 1.29 is 4.74 Å². The summed E-state index contributed by atoms with van der Waals surface area (Å²) in [5, 5.41) is 0. The standard InChI is InChI=1S/C10H18N2OS/c1-10(2,3)8-7-11-9(14)12(8)5-6-13-4/h7H,5-6H2,1-4H3,(H,11,14). The van der Waals surface area contributed by atoms with E-state index in [0.29, 0.717) is 6.61 Å². The van der Waals surface area contributed by atoms with Gasteiger partial charge in [0.1, 0.15) is 0 Å². The summed E-state index contributed by atoms with van der Waals surface area (Å²) in [7, 11) is 1.70. The topological polar surface area (TPSA) is 29.9 Å². The van der Waals surface area contributed by atoms with Gasteiger partial charge in [-0.05, 0) is 12.2 Å². The lowest BCUT2D eigenvalue weighted by Crippen LogP contribution is -2.19. The van der Waals surface area contributed by atoms with Crippen molar-refractivity contribution in [2.45, 2.75) is 32.7 Å². The van der Waals surface area contributed by atoms with Gasteiger partial charge < -0.3 is 14.3 Å². The van der Waals surface area contributed by atoms with Crippen LogP contribution in [-0.2, 0) is 16.7 Å². The number of ether oxygens (including phenoxy) is 1. The molecule has 0 aliphatic carbocycles. The Morgan fingerprint density at radius 3 is 2.64 bits per heavy atom. The Labute approximate surface area is 90.1 Å². The molecule has 0 atom stereocenters. The SMILES string of the molecule is COCCn1c(C(C)(C)C)c[nH]c1=S. The van der Waals surface area contributed by atoms with Crippen LogP contribution in [0.25, 0.3) is 0 Å². The molecule has 1 N–H and O–H groups in total. The molecule has 0 spiro atoms. The summed E-state index contributed by atoms with van der Waals surface area (Å²) in [4.78, 5) is 3.07. The van der Waals surface area contributed by atoms with Crippen molar-refractivity contribution in [2.75, 3.05) is 13.7 Å². The van der Waals surface area contributed by atoms with Gasteiger partial charge in [-0.15, -0.1) is 0 Å². The summed E-state index contributed by atoms with van der Waals surface area (Å²) >= 11 is 5.21. The highest BCUT2D eigenvalue weighted by Gasteiger charge is 2.18. The zero-order valence-electron chi connectivity index (χ0n) is 9.26. The quantitative estimate of drug-likeness (QED) is 0.783. The number of imidazole rings is 1. The van der Waals surface area contributed by atoms with E-state index in [4.69, 9.17) is 17.0 Å². The molecule has 14 heavy (non-hydrogen) atoms. The molecule has 80 valence electrons. The van der Waals surface area contributed by atoms with Gasteiger partial charge in [0.15, 0.2) is 4.77 Å². The van der Waals surface area contributed by atoms with Gasteiger partial charge in [-0.3, -0.25) is 0 Å². The van der Waals surface area contributed by atoms with Crippen LogP contribution in [0.15, 0.2) is 6.20 Å². The van der Waals surface area contributed by atoms with Crippen molar-refractivity contribution in [1.82, 2.24) is 9.55 Å². The number of nitrogens with zero attached hydrogens (tertiary/aromatic N) is 1. The van der Waals surface area contributed by atoms with Crippen LogP contribution in [0.2, 0.25) is 0 Å². The number of H-pyrrole nitrogens is 1. The number of aromatic amines is 1. The first-order chi connectivity index (χ1) is 6.46. The molecule has 1 aromatic heterocycles. The first-order valence-electron chi connectivity index (χ1n) is 4.74. The minimum Gasteiger partial charge on any atom is -0.383 e. The summed E-state index contributed by atoms with van der Waals surface area (Å²) in [6, 6.07) is 0. The predicted molar refractivity (Wildman–Crippen MR) is 60.2 cm³/mol. The van der Waals surface area contributed by atoms with Crippen LogP contribution >= 0.6 is 12.2 Å². The third-order valence-electron chi connectivity index (χ3n) is 2.16. The van der Waals surface area contributed by atoms with Gasteiger partial charge in [0, 0.05) is 31.0 Å². The highest BCUT2D eigenvalue weighted by molar-refractivity contribution is 7.71. The van der Waals surface area contributed by atoms with E-state index in [0.717, 1.165) is 11.3 Å². The average Bonchev–Trinajstić information content (AvgIpc) is 2.42. The Kier molecular flexibility index (Phi) is 3.50. The fourth-order valence-corrected chi connectivity index (χ4v) is 1.67. The van der Waals surface area contributed by atoms with E-state index in [2.05, 4.69) is 30.3 Å². The van der Waals surface area contributed by atoms with Crippen LogP contribution in [0.4, 0.5) is 0 Å². The lowest BCUT2D eigenvalue weighted by atomic mass is 9.93. The van der Waals surface area contributed by atoms with E-state index in [1.165, 1.54) is 5.69 Å². The van der Waals surface area contributed by atoms with Crippen LogP contribution in [-0.4, -0.2) is 23.3 Å². The Balaban J connectivity index is 3.01. The van der Waals surface area contributed by atoms with E-state index in [1.807, 2.05) is 6.20 Å². The van der Waals surface area contributed by atoms with Gasteiger partial charge in [-0.25, -0.2) is 0 Å². The van der Waals surface area contributed by atoms with Crippen molar-refractivity contribution in [3.05, 3.63) is 16.7 Å². The largest absolute Gasteiger partial charge is 0.383 e. The smallest absolute Gasteiger partial charge is 0.177 e. The minimum atomic E-state index is 0.112.